The largest absolute Gasteiger partial charge is 0.544 e. The SMILES string of the molecule is CCCCc1ccc(O[Si](C)(C)C)c(/C=N/O[Si](C)(C)C)c1. The Labute approximate surface area is 138 Å². The predicted octanol–water partition coefficient (Wildman–Crippen LogP) is 5.43. The normalized spacial score (nSPS) is 12.7. The lowest BCUT2D eigenvalue weighted by Crippen LogP contribution is -2.29. The van der Waals surface area contributed by atoms with Crippen molar-refractivity contribution >= 4 is 22.8 Å². The van der Waals surface area contributed by atoms with Crippen LogP contribution in [-0.2, 0) is 10.9 Å². The fourth-order valence-electron chi connectivity index (χ4n) is 1.90. The third-order valence-corrected chi connectivity index (χ3v) is 4.31. The number of nitrogens with zero attached hydrogens (tertiary/aromatic N) is 1. The van der Waals surface area contributed by atoms with Crippen molar-refractivity contribution in [3.8, 4) is 5.75 Å². The van der Waals surface area contributed by atoms with Crippen LogP contribution in [0.2, 0.25) is 39.3 Å². The molecule has 124 valence electrons. The van der Waals surface area contributed by atoms with Crippen molar-refractivity contribution in [1.29, 1.82) is 0 Å². The summed E-state index contributed by atoms with van der Waals surface area (Å²) in [4.78, 5) is 0. The maximum atomic E-state index is 6.18. The van der Waals surface area contributed by atoms with Crippen LogP contribution in [0.15, 0.2) is 23.4 Å². The van der Waals surface area contributed by atoms with Crippen molar-refractivity contribution in [2.24, 2.45) is 5.16 Å². The minimum atomic E-state index is -1.64. The zero-order valence-electron chi connectivity index (χ0n) is 15.2. The van der Waals surface area contributed by atoms with Gasteiger partial charge in [0.05, 0.1) is 6.21 Å². The van der Waals surface area contributed by atoms with E-state index < -0.39 is 16.6 Å². The van der Waals surface area contributed by atoms with Crippen molar-refractivity contribution in [1.82, 2.24) is 0 Å². The number of hydrogen-bond donors (Lipinski definition) is 0. The molecule has 0 radical (unpaired) electrons. The molecular formula is C17H31NO2Si2. The van der Waals surface area contributed by atoms with Crippen LogP contribution < -0.4 is 4.43 Å². The molecule has 0 aliphatic rings. The number of rotatable bonds is 8. The average Bonchev–Trinajstić information content (AvgIpc) is 2.35. The van der Waals surface area contributed by atoms with Gasteiger partial charge in [-0.1, -0.05) is 19.4 Å². The lowest BCUT2D eigenvalue weighted by atomic mass is 10.1. The highest BCUT2D eigenvalue weighted by molar-refractivity contribution is 6.70. The molecule has 0 amide bonds. The molecule has 5 heteroatoms. The van der Waals surface area contributed by atoms with E-state index in [0.717, 1.165) is 17.7 Å². The summed E-state index contributed by atoms with van der Waals surface area (Å²) < 4.78 is 11.8. The number of oxime groups is 1. The van der Waals surface area contributed by atoms with Crippen molar-refractivity contribution in [3.63, 3.8) is 0 Å². The van der Waals surface area contributed by atoms with Gasteiger partial charge >= 0.3 is 0 Å². The van der Waals surface area contributed by atoms with Crippen LogP contribution >= 0.6 is 0 Å². The summed E-state index contributed by atoms with van der Waals surface area (Å²) in [5, 5.41) is 4.20. The first-order chi connectivity index (χ1) is 10.1. The fourth-order valence-corrected chi connectivity index (χ4v) is 3.11. The summed E-state index contributed by atoms with van der Waals surface area (Å²) in [5.41, 5.74) is 2.36. The second-order valence-electron chi connectivity index (χ2n) is 7.63. The molecule has 0 saturated carbocycles. The minimum absolute atomic E-state index is 0.919. The molecule has 1 rings (SSSR count). The summed E-state index contributed by atoms with van der Waals surface area (Å²) in [7, 11) is -3.28. The molecule has 0 atom stereocenters. The Kier molecular flexibility index (Phi) is 6.87. The summed E-state index contributed by atoms with van der Waals surface area (Å²) in [5.74, 6) is 0.919. The highest BCUT2D eigenvalue weighted by Gasteiger charge is 2.19. The molecule has 3 nitrogen and oxygen atoms in total. The predicted molar refractivity (Wildman–Crippen MR) is 101 cm³/mol. The molecule has 0 N–H and O–H groups in total. The third-order valence-electron chi connectivity index (χ3n) is 2.83. The summed E-state index contributed by atoms with van der Waals surface area (Å²) in [6.45, 7) is 15.2. The third kappa shape index (κ3) is 7.80. The first-order valence-electron chi connectivity index (χ1n) is 8.14. The van der Waals surface area contributed by atoms with E-state index >= 15 is 0 Å². The molecule has 0 fully saturated rings. The molecule has 0 aliphatic carbocycles. The van der Waals surface area contributed by atoms with Gasteiger partial charge in [-0.25, -0.2) is 0 Å². The fraction of sp³-hybridized carbons (Fsp3) is 0.588. The van der Waals surface area contributed by atoms with Crippen LogP contribution in [0, 0.1) is 0 Å². The molecule has 0 heterocycles. The molecule has 0 bridgehead atoms. The Hall–Kier alpha value is -1.08. The molecule has 0 unspecified atom stereocenters. The van der Waals surface area contributed by atoms with E-state index in [2.05, 4.69) is 69.6 Å². The molecule has 0 spiro atoms. The van der Waals surface area contributed by atoms with Crippen LogP contribution in [-0.4, -0.2) is 22.8 Å². The van der Waals surface area contributed by atoms with Gasteiger partial charge in [0.15, 0.2) is 0 Å². The summed E-state index contributed by atoms with van der Waals surface area (Å²) in [6, 6.07) is 6.43. The maximum Gasteiger partial charge on any atom is 0.278 e. The van der Waals surface area contributed by atoms with E-state index in [9.17, 15) is 0 Å². The molecular weight excluding hydrogens is 306 g/mol. The molecule has 1 aromatic rings. The van der Waals surface area contributed by atoms with Crippen molar-refractivity contribution in [2.75, 3.05) is 0 Å². The quantitative estimate of drug-likeness (QED) is 0.360. The van der Waals surface area contributed by atoms with Crippen molar-refractivity contribution in [2.45, 2.75) is 65.5 Å². The van der Waals surface area contributed by atoms with Crippen LogP contribution in [0.4, 0.5) is 0 Å². The van der Waals surface area contributed by atoms with E-state index in [1.54, 1.807) is 0 Å². The van der Waals surface area contributed by atoms with Gasteiger partial charge in [0.2, 0.25) is 8.32 Å². The lowest BCUT2D eigenvalue weighted by molar-refractivity contribution is 0.338. The lowest BCUT2D eigenvalue weighted by Gasteiger charge is -2.21. The van der Waals surface area contributed by atoms with Crippen molar-refractivity contribution < 1.29 is 8.95 Å². The Morgan fingerprint density at radius 3 is 2.27 bits per heavy atom. The van der Waals surface area contributed by atoms with E-state index in [4.69, 9.17) is 8.95 Å². The molecule has 0 saturated heterocycles. The monoisotopic (exact) mass is 337 g/mol. The van der Waals surface area contributed by atoms with Gasteiger partial charge in [0.25, 0.3) is 8.32 Å². The van der Waals surface area contributed by atoms with Gasteiger partial charge < -0.3 is 8.95 Å². The Morgan fingerprint density at radius 1 is 1.05 bits per heavy atom. The zero-order valence-corrected chi connectivity index (χ0v) is 17.2. The average molecular weight is 338 g/mol. The number of hydrogen-bond acceptors (Lipinski definition) is 3. The second-order valence-corrected chi connectivity index (χ2v) is 16.5. The first kappa shape index (κ1) is 19.0. The molecule has 22 heavy (non-hydrogen) atoms. The number of unbranched alkanes of at least 4 members (excludes halogenated alkanes) is 1. The summed E-state index contributed by atoms with van der Waals surface area (Å²) in [6.07, 6.45) is 5.31. The van der Waals surface area contributed by atoms with Gasteiger partial charge in [0.1, 0.15) is 5.75 Å². The topological polar surface area (TPSA) is 30.8 Å². The van der Waals surface area contributed by atoms with E-state index in [-0.39, 0.29) is 0 Å². The molecule has 0 aliphatic heterocycles. The standard InChI is InChI=1S/C17H31NO2Si2/c1-8-9-10-15-11-12-17(19-21(2,3)4)16(13-15)14-18-20-22(5,6)7/h11-14H,8-10H2,1-7H3/b18-14+. The van der Waals surface area contributed by atoms with Crippen LogP contribution in [0.1, 0.15) is 30.9 Å². The van der Waals surface area contributed by atoms with E-state index in [1.807, 2.05) is 6.21 Å². The zero-order chi connectivity index (χ0) is 16.8. The van der Waals surface area contributed by atoms with Gasteiger partial charge in [-0.2, -0.15) is 0 Å². The van der Waals surface area contributed by atoms with Gasteiger partial charge in [-0.3, -0.25) is 0 Å². The minimum Gasteiger partial charge on any atom is -0.544 e. The number of benzene rings is 1. The second kappa shape index (κ2) is 7.97. The number of aryl methyl sites for hydroxylation is 1. The van der Waals surface area contributed by atoms with Crippen LogP contribution in [0.5, 0.6) is 5.75 Å². The maximum absolute atomic E-state index is 6.18. The first-order valence-corrected chi connectivity index (χ1v) is 15.0. The smallest absolute Gasteiger partial charge is 0.278 e. The van der Waals surface area contributed by atoms with E-state index in [1.165, 1.54) is 18.4 Å². The Bertz CT molecular complexity index is 502. The highest BCUT2D eigenvalue weighted by Crippen LogP contribution is 2.23. The van der Waals surface area contributed by atoms with Gasteiger partial charge in [0, 0.05) is 5.56 Å². The Morgan fingerprint density at radius 2 is 1.73 bits per heavy atom. The van der Waals surface area contributed by atoms with E-state index in [0.29, 0.717) is 0 Å². The molecule has 0 aromatic heterocycles. The van der Waals surface area contributed by atoms with Gasteiger partial charge in [-0.05, 0) is 69.8 Å². The summed E-state index contributed by atoms with van der Waals surface area (Å²) >= 11 is 0. The van der Waals surface area contributed by atoms with Crippen LogP contribution in [0.3, 0.4) is 0 Å². The van der Waals surface area contributed by atoms with Gasteiger partial charge in [-0.15, -0.1) is 5.16 Å². The highest BCUT2D eigenvalue weighted by atomic mass is 28.4. The molecule has 1 aromatic carbocycles. The van der Waals surface area contributed by atoms with Crippen molar-refractivity contribution in [3.05, 3.63) is 29.3 Å². The van der Waals surface area contributed by atoms with Crippen LogP contribution in [0.25, 0.3) is 0 Å². The Balaban J connectivity index is 3.00.